The Morgan fingerprint density at radius 1 is 1.12 bits per heavy atom. The maximum Gasteiger partial charge on any atom is 0.259 e. The summed E-state index contributed by atoms with van der Waals surface area (Å²) in [5, 5.41) is 7.44. The second-order valence-corrected chi connectivity index (χ2v) is 7.52. The predicted molar refractivity (Wildman–Crippen MR) is 95.5 cm³/mol. The maximum absolute atomic E-state index is 12.1. The van der Waals surface area contributed by atoms with Crippen LogP contribution in [0.25, 0.3) is 5.82 Å². The van der Waals surface area contributed by atoms with E-state index in [1.165, 1.54) is 18.9 Å². The van der Waals surface area contributed by atoms with E-state index in [0.717, 1.165) is 11.4 Å². The summed E-state index contributed by atoms with van der Waals surface area (Å²) in [7, 11) is -1.91. The fourth-order valence-corrected chi connectivity index (χ4v) is 3.41. The summed E-state index contributed by atoms with van der Waals surface area (Å²) in [6.07, 6.45) is 4.32. The summed E-state index contributed by atoms with van der Waals surface area (Å²) in [6.45, 7) is 4.41. The summed E-state index contributed by atoms with van der Waals surface area (Å²) in [6, 6.07) is 3.72. The number of hydrogen-bond acceptors (Lipinski definition) is 7. The highest BCUT2D eigenvalue weighted by Gasteiger charge is 2.16. The molecule has 3 heterocycles. The molecule has 0 bridgehead atoms. The molecule has 10 nitrogen and oxygen atoms in total. The topological polar surface area (TPSA) is 120 Å². The highest BCUT2D eigenvalue weighted by Crippen LogP contribution is 2.12. The van der Waals surface area contributed by atoms with Crippen molar-refractivity contribution < 1.29 is 8.42 Å². The fraction of sp³-hybridized carbons (Fsp3) is 0.333. The number of aryl methyl sites for hydroxylation is 3. The number of sulfonamides is 1. The second kappa shape index (κ2) is 7.22. The SMILES string of the molecule is Cc1cc(C)n(-c2cc(NCCNS(=O)(=O)c3cn(C)cn3)ncn2)n1. The molecule has 3 aromatic heterocycles. The van der Waals surface area contributed by atoms with Crippen LogP contribution < -0.4 is 10.0 Å². The van der Waals surface area contributed by atoms with Crippen molar-refractivity contribution in [3.63, 3.8) is 0 Å². The van der Waals surface area contributed by atoms with Crippen LogP contribution in [0.3, 0.4) is 0 Å². The van der Waals surface area contributed by atoms with Gasteiger partial charge in [0.1, 0.15) is 12.1 Å². The summed E-state index contributed by atoms with van der Waals surface area (Å²) >= 11 is 0. The van der Waals surface area contributed by atoms with Crippen molar-refractivity contribution >= 4 is 15.8 Å². The zero-order chi connectivity index (χ0) is 18.7. The van der Waals surface area contributed by atoms with E-state index < -0.39 is 10.0 Å². The lowest BCUT2D eigenvalue weighted by Gasteiger charge is -2.08. The van der Waals surface area contributed by atoms with Gasteiger partial charge in [0.25, 0.3) is 10.0 Å². The van der Waals surface area contributed by atoms with Gasteiger partial charge >= 0.3 is 0 Å². The first kappa shape index (κ1) is 18.0. The van der Waals surface area contributed by atoms with Gasteiger partial charge in [-0.2, -0.15) is 5.10 Å². The van der Waals surface area contributed by atoms with Crippen LogP contribution in [-0.2, 0) is 17.1 Å². The molecule has 11 heteroatoms. The average Bonchev–Trinajstić information content (AvgIpc) is 3.18. The first-order valence-electron chi connectivity index (χ1n) is 7.92. The minimum atomic E-state index is -3.62. The first-order valence-corrected chi connectivity index (χ1v) is 9.41. The van der Waals surface area contributed by atoms with Crippen LogP contribution in [0.15, 0.2) is 36.0 Å². The molecule has 0 aliphatic heterocycles. The Bertz CT molecular complexity index is 1010. The molecule has 0 aromatic carbocycles. The van der Waals surface area contributed by atoms with Crippen molar-refractivity contribution in [1.29, 1.82) is 0 Å². The van der Waals surface area contributed by atoms with Crippen LogP contribution in [-0.4, -0.2) is 50.8 Å². The lowest BCUT2D eigenvalue weighted by Crippen LogP contribution is -2.29. The maximum atomic E-state index is 12.1. The molecular weight excluding hydrogens is 356 g/mol. The van der Waals surface area contributed by atoms with Crippen LogP contribution in [0.5, 0.6) is 0 Å². The Balaban J connectivity index is 1.59. The van der Waals surface area contributed by atoms with Crippen LogP contribution in [0.1, 0.15) is 11.4 Å². The molecule has 3 aromatic rings. The van der Waals surface area contributed by atoms with E-state index in [2.05, 4.69) is 30.1 Å². The van der Waals surface area contributed by atoms with Gasteiger partial charge in [-0.1, -0.05) is 0 Å². The van der Waals surface area contributed by atoms with Crippen LogP contribution in [0.4, 0.5) is 5.82 Å². The summed E-state index contributed by atoms with van der Waals surface area (Å²) in [5.41, 5.74) is 1.87. The van der Waals surface area contributed by atoms with E-state index in [4.69, 9.17) is 0 Å². The van der Waals surface area contributed by atoms with Gasteiger partial charge in [0.2, 0.25) is 0 Å². The molecule has 0 saturated carbocycles. The third-order valence-corrected chi connectivity index (χ3v) is 4.90. The lowest BCUT2D eigenvalue weighted by molar-refractivity contribution is 0.579. The number of rotatable bonds is 7. The molecule has 26 heavy (non-hydrogen) atoms. The smallest absolute Gasteiger partial charge is 0.259 e. The largest absolute Gasteiger partial charge is 0.369 e. The zero-order valence-corrected chi connectivity index (χ0v) is 15.5. The minimum absolute atomic E-state index is 0.00569. The van der Waals surface area contributed by atoms with Crippen molar-refractivity contribution in [2.75, 3.05) is 18.4 Å². The van der Waals surface area contributed by atoms with Crippen molar-refractivity contribution in [2.24, 2.45) is 7.05 Å². The summed E-state index contributed by atoms with van der Waals surface area (Å²) in [4.78, 5) is 12.2. The monoisotopic (exact) mass is 376 g/mol. The molecular formula is C15H20N8O2S. The van der Waals surface area contributed by atoms with Crippen molar-refractivity contribution in [3.8, 4) is 5.82 Å². The van der Waals surface area contributed by atoms with Crippen molar-refractivity contribution in [3.05, 3.63) is 42.4 Å². The zero-order valence-electron chi connectivity index (χ0n) is 14.7. The quantitative estimate of drug-likeness (QED) is 0.573. The van der Waals surface area contributed by atoms with E-state index in [-0.39, 0.29) is 11.6 Å². The van der Waals surface area contributed by atoms with E-state index in [1.54, 1.807) is 22.4 Å². The molecule has 2 N–H and O–H groups in total. The van der Waals surface area contributed by atoms with Gasteiger partial charge in [-0.05, 0) is 19.9 Å². The predicted octanol–water partition coefficient (Wildman–Crippen LogP) is 0.403. The van der Waals surface area contributed by atoms with Gasteiger partial charge in [-0.3, -0.25) is 0 Å². The van der Waals surface area contributed by atoms with E-state index >= 15 is 0 Å². The van der Waals surface area contributed by atoms with Crippen LogP contribution >= 0.6 is 0 Å². The number of anilines is 1. The molecule has 0 atom stereocenters. The molecule has 0 aliphatic rings. The molecule has 138 valence electrons. The molecule has 3 rings (SSSR count). The lowest BCUT2D eigenvalue weighted by atomic mass is 10.4. The van der Waals surface area contributed by atoms with Gasteiger partial charge in [0.05, 0.1) is 12.0 Å². The van der Waals surface area contributed by atoms with Gasteiger partial charge < -0.3 is 9.88 Å². The van der Waals surface area contributed by atoms with E-state index in [1.807, 2.05) is 19.9 Å². The molecule has 0 saturated heterocycles. The number of hydrogen-bond donors (Lipinski definition) is 2. The summed E-state index contributed by atoms with van der Waals surface area (Å²) in [5.74, 6) is 1.22. The highest BCUT2D eigenvalue weighted by atomic mass is 32.2. The number of imidazole rings is 1. The Hall–Kier alpha value is -2.79. The van der Waals surface area contributed by atoms with Gasteiger partial charge in [-0.25, -0.2) is 32.8 Å². The standard InChI is InChI=1S/C15H20N8O2S/c1-11-6-12(2)23(21-11)14-7-13(17-9-18-14)16-4-5-20-26(24,25)15-8-22(3)10-19-15/h6-10,20H,4-5H2,1-3H3,(H,16,17,18). The Kier molecular flexibility index (Phi) is 5.00. The summed E-state index contributed by atoms with van der Waals surface area (Å²) < 4.78 is 30.0. The Labute approximate surface area is 151 Å². The third kappa shape index (κ3) is 4.06. The minimum Gasteiger partial charge on any atom is -0.369 e. The molecule has 0 aliphatic carbocycles. The highest BCUT2D eigenvalue weighted by molar-refractivity contribution is 7.89. The van der Waals surface area contributed by atoms with E-state index in [0.29, 0.717) is 18.2 Å². The normalized spacial score (nSPS) is 11.7. The number of nitrogens with zero attached hydrogens (tertiary/aromatic N) is 6. The molecule has 0 unspecified atom stereocenters. The second-order valence-electron chi connectivity index (χ2n) is 5.80. The van der Waals surface area contributed by atoms with Crippen molar-refractivity contribution in [2.45, 2.75) is 18.9 Å². The average molecular weight is 376 g/mol. The molecule has 0 fully saturated rings. The van der Waals surface area contributed by atoms with Crippen molar-refractivity contribution in [1.82, 2.24) is 34.0 Å². The molecule has 0 spiro atoms. The van der Waals surface area contributed by atoms with Gasteiger partial charge in [0, 0.05) is 38.1 Å². The fourth-order valence-electron chi connectivity index (χ4n) is 2.40. The van der Waals surface area contributed by atoms with Crippen LogP contribution in [0, 0.1) is 13.8 Å². The van der Waals surface area contributed by atoms with Gasteiger partial charge in [-0.15, -0.1) is 0 Å². The molecule has 0 radical (unpaired) electrons. The Morgan fingerprint density at radius 2 is 1.92 bits per heavy atom. The van der Waals surface area contributed by atoms with E-state index in [9.17, 15) is 8.42 Å². The Morgan fingerprint density at radius 3 is 2.58 bits per heavy atom. The van der Waals surface area contributed by atoms with Crippen LogP contribution in [0.2, 0.25) is 0 Å². The first-order chi connectivity index (χ1) is 12.3. The number of aromatic nitrogens is 6. The van der Waals surface area contributed by atoms with Gasteiger partial charge in [0.15, 0.2) is 10.8 Å². The number of nitrogens with one attached hydrogen (secondary N) is 2. The molecule has 0 amide bonds. The third-order valence-electron chi connectivity index (χ3n) is 3.56.